The number of halogens is 1. The number of methoxy groups -OCH3 is 1. The average Bonchev–Trinajstić information content (AvgIpc) is 2.97. The van der Waals surface area contributed by atoms with Crippen LogP contribution in [0.25, 0.3) is 0 Å². The Hall–Kier alpha value is -1.14. The zero-order valence-electron chi connectivity index (χ0n) is 12.0. The molecule has 0 heterocycles. The first-order valence-corrected chi connectivity index (χ1v) is 8.16. The molecule has 1 fully saturated rings. The quantitative estimate of drug-likeness (QED) is 0.808. The van der Waals surface area contributed by atoms with Gasteiger partial charge in [-0.2, -0.15) is 0 Å². The van der Waals surface area contributed by atoms with Crippen molar-refractivity contribution < 1.29 is 9.53 Å². The number of benzene rings is 1. The Morgan fingerprint density at radius 1 is 1.48 bits per heavy atom. The maximum atomic E-state index is 12.8. The van der Waals surface area contributed by atoms with Gasteiger partial charge >= 0.3 is 0 Å². The van der Waals surface area contributed by atoms with Crippen LogP contribution in [0.15, 0.2) is 22.7 Å². The molecule has 0 atom stereocenters. The highest BCUT2D eigenvalue weighted by molar-refractivity contribution is 9.10. The number of ether oxygens (including phenoxy) is 1. The predicted molar refractivity (Wildman–Crippen MR) is 90.8 cm³/mol. The van der Waals surface area contributed by atoms with Crippen LogP contribution >= 0.6 is 28.1 Å². The zero-order chi connectivity index (χ0) is 15.4. The summed E-state index contributed by atoms with van der Waals surface area (Å²) in [4.78, 5) is 14.9. The molecule has 1 saturated carbocycles. The second-order valence-electron chi connectivity index (χ2n) is 5.19. The van der Waals surface area contributed by atoms with Crippen molar-refractivity contribution in [2.24, 2.45) is 5.73 Å². The van der Waals surface area contributed by atoms with Gasteiger partial charge in [0.15, 0.2) is 0 Å². The molecule has 4 nitrogen and oxygen atoms in total. The van der Waals surface area contributed by atoms with Gasteiger partial charge in [0.2, 0.25) is 0 Å². The summed E-state index contributed by atoms with van der Waals surface area (Å²) >= 11 is 8.41. The number of amides is 1. The lowest BCUT2D eigenvalue weighted by Crippen LogP contribution is -2.43. The second kappa shape index (κ2) is 7.22. The highest BCUT2D eigenvalue weighted by Gasteiger charge is 2.28. The number of hydrogen-bond donors (Lipinski definition) is 1. The molecule has 0 bridgehead atoms. The third-order valence-corrected chi connectivity index (χ3v) is 4.50. The Kier molecular flexibility index (Phi) is 5.58. The largest absolute Gasteiger partial charge is 0.496 e. The smallest absolute Gasteiger partial charge is 0.254 e. The third kappa shape index (κ3) is 3.95. The number of thiocarbonyl (C=S) groups is 1. The SMILES string of the molecule is COc1ccc(C(=O)N(CC(N)=S)C2CCCC2)cc1Br. The van der Waals surface area contributed by atoms with Gasteiger partial charge in [-0.25, -0.2) is 0 Å². The number of rotatable bonds is 5. The minimum atomic E-state index is -0.0296. The standard InChI is InChI=1S/C15H19BrN2O2S/c1-20-13-7-6-10(8-12(13)16)15(19)18(9-14(17)21)11-4-2-3-5-11/h6-8,11H,2-5,9H2,1H3,(H2,17,21). The Morgan fingerprint density at radius 3 is 2.67 bits per heavy atom. The molecule has 2 N–H and O–H groups in total. The van der Waals surface area contributed by atoms with Gasteiger partial charge in [0, 0.05) is 11.6 Å². The maximum Gasteiger partial charge on any atom is 0.254 e. The van der Waals surface area contributed by atoms with Gasteiger partial charge in [-0.1, -0.05) is 25.1 Å². The van der Waals surface area contributed by atoms with Crippen LogP contribution in [0.2, 0.25) is 0 Å². The summed E-state index contributed by atoms with van der Waals surface area (Å²) in [6, 6.07) is 5.57. The predicted octanol–water partition coefficient (Wildman–Crippen LogP) is 3.13. The molecule has 0 unspecified atom stereocenters. The number of nitrogens with zero attached hydrogens (tertiary/aromatic N) is 1. The van der Waals surface area contributed by atoms with E-state index in [1.165, 1.54) is 0 Å². The van der Waals surface area contributed by atoms with Crippen LogP contribution in [0.4, 0.5) is 0 Å². The van der Waals surface area contributed by atoms with Gasteiger partial charge in [0.1, 0.15) is 5.75 Å². The van der Waals surface area contributed by atoms with Crippen LogP contribution in [-0.2, 0) is 0 Å². The highest BCUT2D eigenvalue weighted by Crippen LogP contribution is 2.28. The van der Waals surface area contributed by atoms with Crippen LogP contribution in [0.1, 0.15) is 36.0 Å². The number of carbonyl (C=O) groups excluding carboxylic acids is 1. The summed E-state index contributed by atoms with van der Waals surface area (Å²) in [5.41, 5.74) is 6.28. The van der Waals surface area contributed by atoms with E-state index in [-0.39, 0.29) is 11.9 Å². The molecule has 0 radical (unpaired) electrons. The van der Waals surface area contributed by atoms with Crippen molar-refractivity contribution in [2.45, 2.75) is 31.7 Å². The number of nitrogens with two attached hydrogens (primary N) is 1. The summed E-state index contributed by atoms with van der Waals surface area (Å²) in [6.45, 7) is 0.336. The van der Waals surface area contributed by atoms with Gasteiger partial charge in [0.25, 0.3) is 5.91 Å². The molecule has 0 aliphatic heterocycles. The molecular formula is C15H19BrN2O2S. The van der Waals surface area contributed by atoms with Crippen molar-refractivity contribution in [2.75, 3.05) is 13.7 Å². The van der Waals surface area contributed by atoms with E-state index in [0.29, 0.717) is 22.8 Å². The van der Waals surface area contributed by atoms with Crippen molar-refractivity contribution in [3.8, 4) is 5.75 Å². The number of hydrogen-bond acceptors (Lipinski definition) is 3. The van der Waals surface area contributed by atoms with E-state index >= 15 is 0 Å². The second-order valence-corrected chi connectivity index (χ2v) is 6.57. The Balaban J connectivity index is 2.24. The summed E-state index contributed by atoms with van der Waals surface area (Å²) < 4.78 is 5.95. The molecule has 21 heavy (non-hydrogen) atoms. The molecule has 1 aromatic rings. The summed E-state index contributed by atoms with van der Waals surface area (Å²) in [5.74, 6) is 0.673. The lowest BCUT2D eigenvalue weighted by atomic mass is 10.1. The van der Waals surface area contributed by atoms with Gasteiger partial charge in [0.05, 0.1) is 23.1 Å². The average molecular weight is 371 g/mol. The zero-order valence-corrected chi connectivity index (χ0v) is 14.4. The van der Waals surface area contributed by atoms with Crippen LogP contribution in [0, 0.1) is 0 Å². The van der Waals surface area contributed by atoms with Crippen molar-refractivity contribution in [1.82, 2.24) is 4.90 Å². The van der Waals surface area contributed by atoms with E-state index < -0.39 is 0 Å². The molecule has 6 heteroatoms. The third-order valence-electron chi connectivity index (χ3n) is 3.75. The first-order chi connectivity index (χ1) is 10.0. The van der Waals surface area contributed by atoms with Crippen LogP contribution in [0.3, 0.4) is 0 Å². The van der Waals surface area contributed by atoms with E-state index in [0.717, 1.165) is 30.2 Å². The maximum absolute atomic E-state index is 12.8. The van der Waals surface area contributed by atoms with Crippen LogP contribution in [0.5, 0.6) is 5.75 Å². The molecule has 0 spiro atoms. The van der Waals surface area contributed by atoms with E-state index in [9.17, 15) is 4.79 Å². The van der Waals surface area contributed by atoms with Crippen molar-refractivity contribution in [1.29, 1.82) is 0 Å². The monoisotopic (exact) mass is 370 g/mol. The molecule has 114 valence electrons. The van der Waals surface area contributed by atoms with E-state index in [1.54, 1.807) is 25.3 Å². The lowest BCUT2D eigenvalue weighted by Gasteiger charge is -2.28. The summed E-state index contributed by atoms with van der Waals surface area (Å²) in [5, 5.41) is 0. The fourth-order valence-corrected chi connectivity index (χ4v) is 3.40. The Morgan fingerprint density at radius 2 is 2.14 bits per heavy atom. The van der Waals surface area contributed by atoms with Crippen molar-refractivity contribution in [3.05, 3.63) is 28.2 Å². The molecular weight excluding hydrogens is 352 g/mol. The van der Waals surface area contributed by atoms with Gasteiger partial charge in [-0.15, -0.1) is 0 Å². The fraction of sp³-hybridized carbons (Fsp3) is 0.467. The lowest BCUT2D eigenvalue weighted by molar-refractivity contribution is 0.0714. The molecule has 1 aliphatic rings. The van der Waals surface area contributed by atoms with Crippen LogP contribution in [-0.4, -0.2) is 35.5 Å². The van der Waals surface area contributed by atoms with E-state index in [4.69, 9.17) is 22.7 Å². The molecule has 1 aliphatic carbocycles. The topological polar surface area (TPSA) is 55.6 Å². The minimum Gasteiger partial charge on any atom is -0.496 e. The van der Waals surface area contributed by atoms with Crippen LogP contribution < -0.4 is 10.5 Å². The van der Waals surface area contributed by atoms with Crippen molar-refractivity contribution in [3.63, 3.8) is 0 Å². The first-order valence-electron chi connectivity index (χ1n) is 6.95. The summed E-state index contributed by atoms with van der Waals surface area (Å²) in [7, 11) is 1.60. The molecule has 0 saturated heterocycles. The molecule has 1 amide bonds. The summed E-state index contributed by atoms with van der Waals surface area (Å²) in [6.07, 6.45) is 4.34. The van der Waals surface area contributed by atoms with Gasteiger partial charge in [-0.05, 0) is 47.0 Å². The highest BCUT2D eigenvalue weighted by atomic mass is 79.9. The van der Waals surface area contributed by atoms with Gasteiger partial charge < -0.3 is 15.4 Å². The fourth-order valence-electron chi connectivity index (χ4n) is 2.72. The Labute approximate surface area is 138 Å². The number of carbonyl (C=O) groups is 1. The first kappa shape index (κ1) is 16.2. The minimum absolute atomic E-state index is 0.0296. The normalized spacial score (nSPS) is 15.0. The molecule has 2 rings (SSSR count). The molecule has 0 aromatic heterocycles. The van der Waals surface area contributed by atoms with Gasteiger partial charge in [-0.3, -0.25) is 4.79 Å². The van der Waals surface area contributed by atoms with E-state index in [2.05, 4.69) is 15.9 Å². The van der Waals surface area contributed by atoms with E-state index in [1.807, 2.05) is 4.90 Å². The van der Waals surface area contributed by atoms with Crippen molar-refractivity contribution >= 4 is 39.0 Å². The Bertz CT molecular complexity index is 544. The molecule has 1 aromatic carbocycles.